The van der Waals surface area contributed by atoms with Crippen LogP contribution in [0.3, 0.4) is 0 Å². The summed E-state index contributed by atoms with van der Waals surface area (Å²) in [4.78, 5) is 11.1. The predicted octanol–water partition coefficient (Wildman–Crippen LogP) is 4.85. The number of rotatable bonds is 1. The number of alkyl halides is 7. The SMILES string of the molecule is Cn1c(C2SC(C(F)(F)F)=NC2(C)Br)nc2cc(C(F)(F)F)ncc21. The molecule has 2 aromatic heterocycles. The zero-order chi connectivity index (χ0) is 18.8. The fraction of sp³-hybridized carbons (Fsp3) is 0.462. The molecule has 2 aromatic rings. The lowest BCUT2D eigenvalue weighted by Gasteiger charge is -2.21. The van der Waals surface area contributed by atoms with Crippen molar-refractivity contribution in [2.24, 2.45) is 12.0 Å². The van der Waals surface area contributed by atoms with Crippen molar-refractivity contribution in [1.82, 2.24) is 14.5 Å². The first-order chi connectivity index (χ1) is 11.3. The molecule has 0 saturated carbocycles. The van der Waals surface area contributed by atoms with Gasteiger partial charge in [-0.15, -0.1) is 0 Å². The van der Waals surface area contributed by atoms with Gasteiger partial charge in [0.1, 0.15) is 21.2 Å². The van der Waals surface area contributed by atoms with Crippen LogP contribution in [0.4, 0.5) is 26.3 Å². The van der Waals surface area contributed by atoms with Gasteiger partial charge in [-0.1, -0.05) is 27.7 Å². The van der Waals surface area contributed by atoms with Gasteiger partial charge in [0.2, 0.25) is 0 Å². The summed E-state index contributed by atoms with van der Waals surface area (Å²) >= 11 is 3.63. The molecule has 3 rings (SSSR count). The van der Waals surface area contributed by atoms with Gasteiger partial charge in [0.25, 0.3) is 0 Å². The molecule has 0 saturated heterocycles. The van der Waals surface area contributed by atoms with Crippen LogP contribution in [0.5, 0.6) is 0 Å². The molecular weight excluding hydrogens is 438 g/mol. The van der Waals surface area contributed by atoms with Gasteiger partial charge >= 0.3 is 12.4 Å². The molecule has 2 unspecified atom stereocenters. The maximum absolute atomic E-state index is 12.9. The van der Waals surface area contributed by atoms with E-state index in [1.54, 1.807) is 0 Å². The molecular formula is C13H9BrF6N4S. The minimum atomic E-state index is -4.63. The molecule has 0 spiro atoms. The molecule has 0 aromatic carbocycles. The summed E-state index contributed by atoms with van der Waals surface area (Å²) in [6.45, 7) is 1.45. The number of aliphatic imine (C=N–C) groups is 1. The highest BCUT2D eigenvalue weighted by Gasteiger charge is 2.50. The first-order valence-corrected chi connectivity index (χ1v) is 8.40. The first kappa shape index (κ1) is 18.5. The Balaban J connectivity index is 2.07. The van der Waals surface area contributed by atoms with Crippen molar-refractivity contribution in [3.05, 3.63) is 23.8 Å². The molecule has 1 aliphatic rings. The Morgan fingerprint density at radius 1 is 1.20 bits per heavy atom. The van der Waals surface area contributed by atoms with E-state index in [0.29, 0.717) is 11.8 Å². The fourth-order valence-corrected chi connectivity index (χ4v) is 4.38. The van der Waals surface area contributed by atoms with Crippen LogP contribution >= 0.6 is 27.7 Å². The van der Waals surface area contributed by atoms with E-state index in [4.69, 9.17) is 0 Å². The zero-order valence-corrected chi connectivity index (χ0v) is 15.0. The monoisotopic (exact) mass is 446 g/mol. The number of nitrogens with zero attached hydrogens (tertiary/aromatic N) is 4. The van der Waals surface area contributed by atoms with Crippen molar-refractivity contribution >= 4 is 43.8 Å². The first-order valence-electron chi connectivity index (χ1n) is 6.73. The van der Waals surface area contributed by atoms with E-state index in [1.807, 2.05) is 0 Å². The molecule has 12 heteroatoms. The second kappa shape index (κ2) is 5.60. The highest BCUT2D eigenvalue weighted by atomic mass is 79.9. The molecule has 0 N–H and O–H groups in total. The predicted molar refractivity (Wildman–Crippen MR) is 84.7 cm³/mol. The molecule has 0 radical (unpaired) electrons. The molecule has 3 heterocycles. The number of imidazole rings is 1. The van der Waals surface area contributed by atoms with Crippen molar-refractivity contribution in [3.8, 4) is 0 Å². The summed E-state index contributed by atoms with van der Waals surface area (Å²) in [5, 5.41) is -1.88. The van der Waals surface area contributed by atoms with Gasteiger partial charge in [0.05, 0.1) is 17.2 Å². The number of aryl methyl sites for hydroxylation is 1. The van der Waals surface area contributed by atoms with Gasteiger partial charge in [-0.2, -0.15) is 26.3 Å². The minimum absolute atomic E-state index is 0.00387. The minimum Gasteiger partial charge on any atom is -0.329 e. The molecule has 0 fully saturated rings. The summed E-state index contributed by atoms with van der Waals surface area (Å²) in [6, 6.07) is 0.773. The molecule has 136 valence electrons. The molecule has 2 atom stereocenters. The normalized spacial score (nSPS) is 24.8. The number of pyridine rings is 1. The van der Waals surface area contributed by atoms with E-state index >= 15 is 0 Å². The van der Waals surface area contributed by atoms with Crippen LogP contribution < -0.4 is 0 Å². The van der Waals surface area contributed by atoms with Crippen molar-refractivity contribution in [2.45, 2.75) is 29.0 Å². The largest absolute Gasteiger partial charge is 0.439 e. The highest BCUT2D eigenvalue weighted by molar-refractivity contribution is 9.10. The third kappa shape index (κ3) is 3.25. The topological polar surface area (TPSA) is 43.1 Å². The summed E-state index contributed by atoms with van der Waals surface area (Å²) in [7, 11) is 1.51. The van der Waals surface area contributed by atoms with Crippen LogP contribution in [0.1, 0.15) is 23.7 Å². The maximum Gasteiger partial charge on any atom is 0.439 e. The van der Waals surface area contributed by atoms with E-state index in [1.165, 1.54) is 18.5 Å². The lowest BCUT2D eigenvalue weighted by atomic mass is 10.2. The van der Waals surface area contributed by atoms with Gasteiger partial charge in [-0.05, 0) is 13.0 Å². The number of hydrogen-bond donors (Lipinski definition) is 0. The van der Waals surface area contributed by atoms with Crippen LogP contribution in [-0.4, -0.2) is 30.2 Å². The van der Waals surface area contributed by atoms with E-state index in [2.05, 4.69) is 30.9 Å². The van der Waals surface area contributed by atoms with Crippen molar-refractivity contribution < 1.29 is 26.3 Å². The van der Waals surface area contributed by atoms with Crippen LogP contribution in [0, 0.1) is 0 Å². The van der Waals surface area contributed by atoms with E-state index in [-0.39, 0.29) is 16.9 Å². The Morgan fingerprint density at radius 3 is 2.36 bits per heavy atom. The smallest absolute Gasteiger partial charge is 0.329 e. The number of fused-ring (bicyclic) bond motifs is 1. The molecule has 1 aliphatic heterocycles. The van der Waals surface area contributed by atoms with Crippen molar-refractivity contribution in [3.63, 3.8) is 0 Å². The molecule has 0 aliphatic carbocycles. The van der Waals surface area contributed by atoms with Crippen LogP contribution in [-0.2, 0) is 13.2 Å². The number of hydrogen-bond acceptors (Lipinski definition) is 4. The lowest BCUT2D eigenvalue weighted by Crippen LogP contribution is -2.20. The van der Waals surface area contributed by atoms with E-state index in [0.717, 1.165) is 12.3 Å². The van der Waals surface area contributed by atoms with Crippen LogP contribution in [0.25, 0.3) is 11.0 Å². The Hall–Kier alpha value is -1.30. The van der Waals surface area contributed by atoms with Crippen molar-refractivity contribution in [2.75, 3.05) is 0 Å². The van der Waals surface area contributed by atoms with E-state index in [9.17, 15) is 26.3 Å². The summed E-state index contributed by atoms with van der Waals surface area (Å²) in [5.41, 5.74) is -0.825. The van der Waals surface area contributed by atoms with Gasteiger partial charge in [-0.3, -0.25) is 4.99 Å². The Labute approximate surface area is 149 Å². The zero-order valence-electron chi connectivity index (χ0n) is 12.6. The van der Waals surface area contributed by atoms with Crippen LogP contribution in [0.15, 0.2) is 17.3 Å². The Bertz CT molecular complexity index is 870. The Morgan fingerprint density at radius 2 is 1.84 bits per heavy atom. The maximum atomic E-state index is 12.9. The number of aromatic nitrogens is 3. The average Bonchev–Trinajstić information content (AvgIpc) is 2.94. The quantitative estimate of drug-likeness (QED) is 0.357. The molecule has 0 amide bonds. The summed E-state index contributed by atoms with van der Waals surface area (Å²) in [6.07, 6.45) is -8.24. The average molecular weight is 447 g/mol. The Kier molecular flexibility index (Phi) is 4.14. The summed E-state index contributed by atoms with van der Waals surface area (Å²) < 4.78 is 77.3. The molecule has 25 heavy (non-hydrogen) atoms. The fourth-order valence-electron chi connectivity index (χ4n) is 2.42. The van der Waals surface area contributed by atoms with Gasteiger partial charge in [-0.25, -0.2) is 9.97 Å². The third-order valence-corrected chi connectivity index (χ3v) is 5.99. The highest BCUT2D eigenvalue weighted by Crippen LogP contribution is 2.53. The third-order valence-electron chi connectivity index (χ3n) is 3.60. The van der Waals surface area contributed by atoms with Gasteiger partial charge < -0.3 is 4.57 Å². The van der Waals surface area contributed by atoms with Gasteiger partial charge in [0.15, 0.2) is 5.04 Å². The van der Waals surface area contributed by atoms with Crippen molar-refractivity contribution in [1.29, 1.82) is 0 Å². The van der Waals surface area contributed by atoms with Crippen LogP contribution in [0.2, 0.25) is 0 Å². The summed E-state index contributed by atoms with van der Waals surface area (Å²) in [5.74, 6) is 0.170. The standard InChI is InChI=1S/C13H9BrF6N4S/c1-11(14)8(25-10(23-11)13(18,19)20)9-22-5-3-7(12(15,16)17)21-4-6(5)24(9)2/h3-4,8H,1-2H3. The second-order valence-electron chi connectivity index (χ2n) is 5.52. The second-order valence-corrected chi connectivity index (χ2v) is 8.22. The molecule has 0 bridgehead atoms. The van der Waals surface area contributed by atoms with Gasteiger partial charge in [0, 0.05) is 7.05 Å². The lowest BCUT2D eigenvalue weighted by molar-refractivity contribution is -0.141. The van der Waals surface area contributed by atoms with E-state index < -0.39 is 32.8 Å². The molecule has 4 nitrogen and oxygen atoms in total. The number of halogens is 7. The number of thioether (sulfide) groups is 1.